The lowest BCUT2D eigenvalue weighted by Gasteiger charge is -2.40. The lowest BCUT2D eigenvalue weighted by atomic mass is 9.68. The molecule has 2 saturated carbocycles. The molecule has 2 aliphatic carbocycles. The lowest BCUT2D eigenvalue weighted by molar-refractivity contribution is 0.0320. The van der Waals surface area contributed by atoms with Gasteiger partial charge in [0.15, 0.2) is 0 Å². The predicted octanol–water partition coefficient (Wildman–Crippen LogP) is 2.63. The number of aliphatic hydroxyl groups is 1. The van der Waals surface area contributed by atoms with Gasteiger partial charge in [-0.25, -0.2) is 0 Å². The second-order valence-electron chi connectivity index (χ2n) is 4.62. The van der Waals surface area contributed by atoms with Gasteiger partial charge in [0.25, 0.3) is 0 Å². The molecule has 0 unspecified atom stereocenters. The van der Waals surface area contributed by atoms with E-state index in [1.807, 2.05) is 0 Å². The first kappa shape index (κ1) is 9.81. The number of nitrogens with zero attached hydrogens (tertiary/aromatic N) is 3. The predicted molar refractivity (Wildman–Crippen MR) is 53.6 cm³/mol. The van der Waals surface area contributed by atoms with Crippen LogP contribution in [0.15, 0.2) is 5.11 Å². The maximum atomic E-state index is 9.77. The van der Waals surface area contributed by atoms with Gasteiger partial charge >= 0.3 is 0 Å². The molecule has 14 heavy (non-hydrogen) atoms. The van der Waals surface area contributed by atoms with Gasteiger partial charge in [0.1, 0.15) is 0 Å². The number of hydrogen-bond acceptors (Lipinski definition) is 2. The Bertz CT molecular complexity index is 250. The summed E-state index contributed by atoms with van der Waals surface area (Å²) in [7, 11) is 0. The molecule has 4 nitrogen and oxygen atoms in total. The fourth-order valence-corrected chi connectivity index (χ4v) is 3.03. The highest BCUT2D eigenvalue weighted by atomic mass is 16.3. The van der Waals surface area contributed by atoms with Crippen molar-refractivity contribution in [2.45, 2.75) is 50.7 Å². The van der Waals surface area contributed by atoms with E-state index in [-0.39, 0.29) is 6.04 Å². The number of hydrogen-bond donors (Lipinski definition) is 1. The van der Waals surface area contributed by atoms with Crippen molar-refractivity contribution in [1.29, 1.82) is 0 Å². The molecule has 0 amide bonds. The Morgan fingerprint density at radius 3 is 2.43 bits per heavy atom. The molecule has 1 N–H and O–H groups in total. The van der Waals surface area contributed by atoms with Crippen LogP contribution in [0.1, 0.15) is 38.5 Å². The first-order valence-corrected chi connectivity index (χ1v) is 5.53. The Hall–Kier alpha value is -0.730. The van der Waals surface area contributed by atoms with Crippen molar-refractivity contribution in [2.24, 2.45) is 17.0 Å². The molecule has 4 heteroatoms. The summed E-state index contributed by atoms with van der Waals surface area (Å²) in [4.78, 5) is 2.81. The third kappa shape index (κ3) is 1.86. The topological polar surface area (TPSA) is 69.0 Å². The van der Waals surface area contributed by atoms with E-state index < -0.39 is 6.10 Å². The van der Waals surface area contributed by atoms with Crippen LogP contribution in [-0.2, 0) is 0 Å². The van der Waals surface area contributed by atoms with Crippen molar-refractivity contribution >= 4 is 0 Å². The van der Waals surface area contributed by atoms with Gasteiger partial charge in [-0.2, -0.15) is 0 Å². The van der Waals surface area contributed by atoms with Gasteiger partial charge in [0.05, 0.1) is 12.1 Å². The zero-order valence-corrected chi connectivity index (χ0v) is 8.34. The van der Waals surface area contributed by atoms with Crippen LogP contribution in [0.3, 0.4) is 0 Å². The Labute approximate surface area is 83.9 Å². The molecule has 0 aliphatic heterocycles. The Morgan fingerprint density at radius 1 is 1.14 bits per heavy atom. The molecule has 2 fully saturated rings. The highest BCUT2D eigenvalue weighted by Gasteiger charge is 2.36. The van der Waals surface area contributed by atoms with E-state index >= 15 is 0 Å². The maximum Gasteiger partial charge on any atom is 0.0636 e. The van der Waals surface area contributed by atoms with Gasteiger partial charge in [-0.05, 0) is 30.2 Å². The quantitative estimate of drug-likeness (QED) is 0.390. The number of fused-ring (bicyclic) bond motifs is 1. The first-order chi connectivity index (χ1) is 6.81. The molecule has 78 valence electrons. The van der Waals surface area contributed by atoms with Gasteiger partial charge in [-0.15, -0.1) is 0 Å². The fourth-order valence-electron chi connectivity index (χ4n) is 3.03. The molecule has 2 rings (SSSR count). The van der Waals surface area contributed by atoms with Crippen LogP contribution >= 0.6 is 0 Å². The highest BCUT2D eigenvalue weighted by molar-refractivity contribution is 4.91. The molecule has 0 saturated heterocycles. The minimum atomic E-state index is -0.398. The zero-order valence-electron chi connectivity index (χ0n) is 8.34. The number of azide groups is 1. The first-order valence-electron chi connectivity index (χ1n) is 5.53. The fraction of sp³-hybridized carbons (Fsp3) is 1.00. The summed E-state index contributed by atoms with van der Waals surface area (Å²) in [5.41, 5.74) is 8.38. The summed E-state index contributed by atoms with van der Waals surface area (Å²) < 4.78 is 0. The Morgan fingerprint density at radius 2 is 1.79 bits per heavy atom. The third-order valence-corrected chi connectivity index (χ3v) is 3.80. The van der Waals surface area contributed by atoms with Crippen molar-refractivity contribution in [3.05, 3.63) is 10.4 Å². The Kier molecular flexibility index (Phi) is 2.94. The average Bonchev–Trinajstić information content (AvgIpc) is 2.19. The maximum absolute atomic E-state index is 9.77. The summed E-state index contributed by atoms with van der Waals surface area (Å²) in [5, 5.41) is 13.5. The van der Waals surface area contributed by atoms with Crippen LogP contribution in [0.4, 0.5) is 0 Å². The standard InChI is InChI=1S/C10H17N3O/c11-13-12-9-5-7-3-1-2-4-8(7)6-10(9)14/h7-10,14H,1-6H2/t7-,8-,9-,10-/m1/s1. The van der Waals surface area contributed by atoms with E-state index in [1.54, 1.807) is 0 Å². The van der Waals surface area contributed by atoms with Crippen LogP contribution in [-0.4, -0.2) is 17.3 Å². The van der Waals surface area contributed by atoms with Crippen molar-refractivity contribution in [3.63, 3.8) is 0 Å². The van der Waals surface area contributed by atoms with E-state index in [4.69, 9.17) is 5.53 Å². The summed E-state index contributed by atoms with van der Waals surface area (Å²) in [6.07, 6.45) is 6.47. The average molecular weight is 195 g/mol. The molecular weight excluding hydrogens is 178 g/mol. The van der Waals surface area contributed by atoms with Crippen molar-refractivity contribution < 1.29 is 5.11 Å². The molecule has 0 aromatic carbocycles. The van der Waals surface area contributed by atoms with Crippen LogP contribution in [0.5, 0.6) is 0 Å². The van der Waals surface area contributed by atoms with Crippen molar-refractivity contribution in [2.75, 3.05) is 0 Å². The number of aliphatic hydroxyl groups excluding tert-OH is 1. The van der Waals surface area contributed by atoms with E-state index in [1.165, 1.54) is 25.7 Å². The lowest BCUT2D eigenvalue weighted by Crippen LogP contribution is -2.39. The summed E-state index contributed by atoms with van der Waals surface area (Å²) >= 11 is 0. The molecular formula is C10H17N3O. The van der Waals surface area contributed by atoms with Gasteiger partial charge in [0.2, 0.25) is 0 Å². The van der Waals surface area contributed by atoms with E-state index in [2.05, 4.69) is 10.0 Å². The summed E-state index contributed by atoms with van der Waals surface area (Å²) in [5.74, 6) is 1.38. The highest BCUT2D eigenvalue weighted by Crippen LogP contribution is 2.41. The number of rotatable bonds is 1. The van der Waals surface area contributed by atoms with Crippen LogP contribution in [0.2, 0.25) is 0 Å². The molecule has 0 spiro atoms. The van der Waals surface area contributed by atoms with Crippen LogP contribution in [0.25, 0.3) is 10.4 Å². The summed E-state index contributed by atoms with van der Waals surface area (Å²) in [6.45, 7) is 0. The molecule has 0 aromatic heterocycles. The normalized spacial score (nSPS) is 42.4. The molecule has 0 bridgehead atoms. The second kappa shape index (κ2) is 4.20. The van der Waals surface area contributed by atoms with E-state index in [0.29, 0.717) is 11.8 Å². The SMILES string of the molecule is [N-]=[N+]=N[C@@H]1C[C@H]2CCCC[C@@H]2C[C@H]1O. The molecule has 0 aromatic rings. The summed E-state index contributed by atoms with van der Waals surface area (Å²) in [6, 6.07) is -0.167. The molecule has 4 atom stereocenters. The minimum Gasteiger partial charge on any atom is -0.393 e. The van der Waals surface area contributed by atoms with Crippen LogP contribution < -0.4 is 0 Å². The van der Waals surface area contributed by atoms with E-state index in [0.717, 1.165) is 12.8 Å². The van der Waals surface area contributed by atoms with E-state index in [9.17, 15) is 5.11 Å². The zero-order chi connectivity index (χ0) is 9.97. The minimum absolute atomic E-state index is 0.167. The largest absolute Gasteiger partial charge is 0.393 e. The Balaban J connectivity index is 2.02. The smallest absolute Gasteiger partial charge is 0.0636 e. The van der Waals surface area contributed by atoms with Crippen molar-refractivity contribution in [3.8, 4) is 0 Å². The van der Waals surface area contributed by atoms with Gasteiger partial charge in [0, 0.05) is 4.91 Å². The molecule has 0 heterocycles. The monoisotopic (exact) mass is 195 g/mol. The van der Waals surface area contributed by atoms with Gasteiger partial charge in [-0.3, -0.25) is 0 Å². The van der Waals surface area contributed by atoms with Gasteiger partial charge < -0.3 is 5.11 Å². The molecule has 2 aliphatic rings. The van der Waals surface area contributed by atoms with Gasteiger partial charge in [-0.1, -0.05) is 30.8 Å². The van der Waals surface area contributed by atoms with Crippen molar-refractivity contribution in [1.82, 2.24) is 0 Å². The third-order valence-electron chi connectivity index (χ3n) is 3.80. The second-order valence-corrected chi connectivity index (χ2v) is 4.62. The van der Waals surface area contributed by atoms with Crippen LogP contribution in [0, 0.1) is 11.8 Å². The molecule has 0 radical (unpaired) electrons.